The van der Waals surface area contributed by atoms with E-state index in [4.69, 9.17) is 9.47 Å². The predicted molar refractivity (Wildman–Crippen MR) is 102 cm³/mol. The fraction of sp³-hybridized carbons (Fsp3) is 0.400. The van der Waals surface area contributed by atoms with Crippen molar-refractivity contribution >= 4 is 0 Å². The van der Waals surface area contributed by atoms with E-state index in [9.17, 15) is 10.2 Å². The topological polar surface area (TPSA) is 65.4 Å². The molecule has 0 heterocycles. The number of phenols is 2. The van der Waals surface area contributed by atoms with E-state index in [1.165, 1.54) is 0 Å². The van der Waals surface area contributed by atoms with Crippen molar-refractivity contribution in [2.24, 2.45) is 0 Å². The molecule has 26 heavy (non-hydrogen) atoms. The van der Waals surface area contributed by atoms with Gasteiger partial charge in [-0.1, -0.05) is 24.3 Å². The van der Waals surface area contributed by atoms with Crippen LogP contribution in [-0.2, 0) is 13.1 Å². The van der Waals surface area contributed by atoms with Crippen LogP contribution in [0.15, 0.2) is 36.4 Å². The molecule has 0 bridgehead atoms. The van der Waals surface area contributed by atoms with Gasteiger partial charge in [-0.05, 0) is 26.2 Å². The summed E-state index contributed by atoms with van der Waals surface area (Å²) in [5.41, 5.74) is 1.67. The number of hydrogen-bond donors (Lipinski definition) is 2. The lowest BCUT2D eigenvalue weighted by Crippen LogP contribution is -2.30. The largest absolute Gasteiger partial charge is 0.504 e. The summed E-state index contributed by atoms with van der Waals surface area (Å²) < 4.78 is 10.3. The Bertz CT molecular complexity index is 659. The zero-order valence-corrected chi connectivity index (χ0v) is 15.9. The molecule has 6 heteroatoms. The van der Waals surface area contributed by atoms with Gasteiger partial charge >= 0.3 is 0 Å². The SMILES string of the molecule is COc1cccc(CN(C)CCN(C)Cc2cccc(OC)c2O)c1O. The molecule has 2 rings (SSSR count). The molecule has 0 atom stereocenters. The average molecular weight is 360 g/mol. The first kappa shape index (κ1) is 19.9. The van der Waals surface area contributed by atoms with Gasteiger partial charge in [0.1, 0.15) is 0 Å². The summed E-state index contributed by atoms with van der Waals surface area (Å²) in [6.07, 6.45) is 0. The Morgan fingerprint density at radius 3 is 1.46 bits per heavy atom. The minimum atomic E-state index is 0.191. The van der Waals surface area contributed by atoms with Crippen LogP contribution >= 0.6 is 0 Å². The molecule has 0 radical (unpaired) electrons. The summed E-state index contributed by atoms with van der Waals surface area (Å²) in [5.74, 6) is 1.36. The summed E-state index contributed by atoms with van der Waals surface area (Å²) in [6, 6.07) is 11.0. The van der Waals surface area contributed by atoms with E-state index in [1.54, 1.807) is 26.4 Å². The fourth-order valence-electron chi connectivity index (χ4n) is 2.80. The molecule has 0 saturated heterocycles. The van der Waals surface area contributed by atoms with Gasteiger partial charge in [0.05, 0.1) is 14.2 Å². The smallest absolute Gasteiger partial charge is 0.162 e. The summed E-state index contributed by atoms with van der Waals surface area (Å²) in [5, 5.41) is 20.4. The number of ether oxygens (including phenoxy) is 2. The first-order valence-electron chi connectivity index (χ1n) is 8.53. The molecule has 0 aliphatic heterocycles. The van der Waals surface area contributed by atoms with Gasteiger partial charge in [0.25, 0.3) is 0 Å². The molecule has 2 aromatic carbocycles. The Balaban J connectivity index is 1.88. The third-order valence-corrected chi connectivity index (χ3v) is 4.35. The van der Waals surface area contributed by atoms with Crippen LogP contribution in [0.4, 0.5) is 0 Å². The van der Waals surface area contributed by atoms with Gasteiger partial charge in [-0.3, -0.25) is 0 Å². The summed E-state index contributed by atoms with van der Waals surface area (Å²) in [7, 11) is 7.11. The first-order chi connectivity index (χ1) is 12.5. The molecule has 2 aromatic rings. The Morgan fingerprint density at radius 2 is 1.12 bits per heavy atom. The van der Waals surface area contributed by atoms with E-state index >= 15 is 0 Å². The van der Waals surface area contributed by atoms with Crippen molar-refractivity contribution in [1.82, 2.24) is 9.80 Å². The van der Waals surface area contributed by atoms with Gasteiger partial charge in [0, 0.05) is 37.3 Å². The van der Waals surface area contributed by atoms with Crippen molar-refractivity contribution in [2.75, 3.05) is 41.4 Å². The lowest BCUT2D eigenvalue weighted by molar-refractivity contribution is 0.242. The number of aromatic hydroxyl groups is 2. The highest BCUT2D eigenvalue weighted by molar-refractivity contribution is 5.46. The maximum absolute atomic E-state index is 10.2. The maximum Gasteiger partial charge on any atom is 0.162 e. The molecule has 142 valence electrons. The zero-order chi connectivity index (χ0) is 19.1. The number of nitrogens with zero attached hydrogens (tertiary/aromatic N) is 2. The molecular weight excluding hydrogens is 332 g/mol. The molecule has 0 spiro atoms. The highest BCUT2D eigenvalue weighted by Crippen LogP contribution is 2.31. The third-order valence-electron chi connectivity index (χ3n) is 4.35. The molecule has 6 nitrogen and oxygen atoms in total. The second-order valence-electron chi connectivity index (χ2n) is 6.41. The Morgan fingerprint density at radius 1 is 0.731 bits per heavy atom. The maximum atomic E-state index is 10.2. The number of methoxy groups -OCH3 is 2. The van der Waals surface area contributed by atoms with Gasteiger partial charge in [0.15, 0.2) is 23.0 Å². The van der Waals surface area contributed by atoms with Crippen molar-refractivity contribution in [1.29, 1.82) is 0 Å². The zero-order valence-electron chi connectivity index (χ0n) is 15.9. The molecule has 2 N–H and O–H groups in total. The van der Waals surface area contributed by atoms with Crippen LogP contribution < -0.4 is 9.47 Å². The molecule has 0 aliphatic carbocycles. The van der Waals surface area contributed by atoms with Crippen molar-refractivity contribution < 1.29 is 19.7 Å². The standard InChI is InChI=1S/C20H28N2O4/c1-21(13-15-7-5-9-17(25-3)19(15)23)11-12-22(2)14-16-8-6-10-18(26-4)20(16)24/h5-10,23-24H,11-14H2,1-4H3. The minimum absolute atomic E-state index is 0.191. The summed E-state index contributed by atoms with van der Waals surface area (Å²) in [6.45, 7) is 2.89. The number of rotatable bonds is 9. The summed E-state index contributed by atoms with van der Waals surface area (Å²) >= 11 is 0. The summed E-state index contributed by atoms with van der Waals surface area (Å²) in [4.78, 5) is 4.27. The van der Waals surface area contributed by atoms with Crippen LogP contribution in [0.2, 0.25) is 0 Å². The van der Waals surface area contributed by atoms with Crippen LogP contribution in [0.1, 0.15) is 11.1 Å². The molecule has 0 fully saturated rings. The second kappa shape index (κ2) is 9.31. The number of benzene rings is 2. The molecular formula is C20H28N2O4. The minimum Gasteiger partial charge on any atom is -0.504 e. The number of hydrogen-bond acceptors (Lipinski definition) is 6. The van der Waals surface area contributed by atoms with Gasteiger partial charge in [-0.2, -0.15) is 0 Å². The Labute approximate surface area is 155 Å². The van der Waals surface area contributed by atoms with E-state index in [0.29, 0.717) is 24.6 Å². The van der Waals surface area contributed by atoms with Crippen LogP contribution in [0, 0.1) is 0 Å². The first-order valence-corrected chi connectivity index (χ1v) is 8.53. The molecule has 0 amide bonds. The monoisotopic (exact) mass is 360 g/mol. The predicted octanol–water partition coefficient (Wildman–Crippen LogP) is 2.68. The number of phenolic OH excluding ortho intramolecular Hbond substituents is 2. The average Bonchev–Trinajstić information content (AvgIpc) is 2.63. The highest BCUT2D eigenvalue weighted by atomic mass is 16.5. The molecule has 0 saturated carbocycles. The second-order valence-corrected chi connectivity index (χ2v) is 6.41. The molecule has 0 aromatic heterocycles. The van der Waals surface area contributed by atoms with E-state index in [2.05, 4.69) is 9.80 Å². The van der Waals surface area contributed by atoms with E-state index in [1.807, 2.05) is 38.4 Å². The van der Waals surface area contributed by atoms with Crippen LogP contribution in [0.25, 0.3) is 0 Å². The third kappa shape index (κ3) is 5.03. The Kier molecular flexibility index (Phi) is 7.12. The quantitative estimate of drug-likeness (QED) is 0.717. The van der Waals surface area contributed by atoms with Gasteiger partial charge in [0.2, 0.25) is 0 Å². The fourth-order valence-corrected chi connectivity index (χ4v) is 2.80. The van der Waals surface area contributed by atoms with Crippen LogP contribution in [0.3, 0.4) is 0 Å². The van der Waals surface area contributed by atoms with Crippen molar-refractivity contribution in [3.8, 4) is 23.0 Å². The highest BCUT2D eigenvalue weighted by Gasteiger charge is 2.12. The number of likely N-dealkylation sites (N-methyl/N-ethyl adjacent to an activating group) is 2. The van der Waals surface area contributed by atoms with Crippen molar-refractivity contribution in [2.45, 2.75) is 13.1 Å². The Hall–Kier alpha value is -2.44. The lowest BCUT2D eigenvalue weighted by atomic mass is 10.1. The normalized spacial score (nSPS) is 11.2. The number of para-hydroxylation sites is 2. The van der Waals surface area contributed by atoms with Crippen LogP contribution in [-0.4, -0.2) is 61.4 Å². The van der Waals surface area contributed by atoms with E-state index in [-0.39, 0.29) is 11.5 Å². The van der Waals surface area contributed by atoms with E-state index in [0.717, 1.165) is 24.2 Å². The van der Waals surface area contributed by atoms with Crippen molar-refractivity contribution in [3.63, 3.8) is 0 Å². The van der Waals surface area contributed by atoms with Gasteiger partial charge in [-0.15, -0.1) is 0 Å². The lowest BCUT2D eigenvalue weighted by Gasteiger charge is -2.23. The molecule has 0 aliphatic rings. The van der Waals surface area contributed by atoms with Crippen molar-refractivity contribution in [3.05, 3.63) is 47.5 Å². The van der Waals surface area contributed by atoms with E-state index < -0.39 is 0 Å². The van der Waals surface area contributed by atoms with Gasteiger partial charge < -0.3 is 29.5 Å². The van der Waals surface area contributed by atoms with Gasteiger partial charge in [-0.25, -0.2) is 0 Å². The van der Waals surface area contributed by atoms with Crippen LogP contribution in [0.5, 0.6) is 23.0 Å². The molecule has 0 unspecified atom stereocenters.